The third kappa shape index (κ3) is 3.58. The zero-order valence-electron chi connectivity index (χ0n) is 14.6. The first-order valence-corrected chi connectivity index (χ1v) is 8.85. The third-order valence-corrected chi connectivity index (χ3v) is 4.94. The van der Waals surface area contributed by atoms with Crippen molar-refractivity contribution in [1.29, 1.82) is 0 Å². The Bertz CT molecular complexity index is 914. The Morgan fingerprint density at radius 1 is 1.24 bits per heavy atom. The van der Waals surface area contributed by atoms with Gasteiger partial charge in [-0.1, -0.05) is 30.0 Å². The van der Waals surface area contributed by atoms with Crippen LogP contribution in [0.15, 0.2) is 35.7 Å². The Hall–Kier alpha value is -2.61. The van der Waals surface area contributed by atoms with E-state index < -0.39 is 0 Å². The first kappa shape index (κ1) is 17.2. The van der Waals surface area contributed by atoms with Crippen molar-refractivity contribution < 1.29 is 4.79 Å². The monoisotopic (exact) mass is 356 g/mol. The SMILES string of the molecule is Cc1ccccc1-n1cnnc1SCC(=O)Nc1c(C)nn(C)c1C. The van der Waals surface area contributed by atoms with Crippen LogP contribution in [0.3, 0.4) is 0 Å². The van der Waals surface area contributed by atoms with Gasteiger partial charge in [0.1, 0.15) is 6.33 Å². The summed E-state index contributed by atoms with van der Waals surface area (Å²) >= 11 is 1.35. The molecule has 0 radical (unpaired) electrons. The van der Waals surface area contributed by atoms with Crippen LogP contribution >= 0.6 is 11.8 Å². The second kappa shape index (κ2) is 7.10. The Kier molecular flexibility index (Phi) is 4.89. The van der Waals surface area contributed by atoms with Crippen molar-refractivity contribution in [1.82, 2.24) is 24.5 Å². The highest BCUT2D eigenvalue weighted by Gasteiger charge is 2.15. The molecule has 0 aliphatic carbocycles. The lowest BCUT2D eigenvalue weighted by Crippen LogP contribution is -2.15. The minimum absolute atomic E-state index is 0.0940. The molecule has 1 aromatic carbocycles. The lowest BCUT2D eigenvalue weighted by molar-refractivity contribution is -0.113. The molecule has 2 aromatic heterocycles. The van der Waals surface area contributed by atoms with E-state index in [1.165, 1.54) is 11.8 Å². The minimum atomic E-state index is -0.0940. The van der Waals surface area contributed by atoms with E-state index in [1.807, 2.05) is 56.7 Å². The largest absolute Gasteiger partial charge is 0.322 e. The van der Waals surface area contributed by atoms with Gasteiger partial charge < -0.3 is 5.32 Å². The maximum absolute atomic E-state index is 12.3. The molecule has 1 N–H and O–H groups in total. The van der Waals surface area contributed by atoms with Crippen LogP contribution in [0.5, 0.6) is 0 Å². The second-order valence-electron chi connectivity index (χ2n) is 5.78. The molecule has 7 nitrogen and oxygen atoms in total. The van der Waals surface area contributed by atoms with Crippen LogP contribution in [0.1, 0.15) is 17.0 Å². The summed E-state index contributed by atoms with van der Waals surface area (Å²) in [5.74, 6) is 0.154. The van der Waals surface area contributed by atoms with Crippen molar-refractivity contribution in [2.75, 3.05) is 11.1 Å². The summed E-state index contributed by atoms with van der Waals surface area (Å²) in [5, 5.41) is 16.0. The maximum atomic E-state index is 12.3. The van der Waals surface area contributed by atoms with E-state index in [1.54, 1.807) is 11.0 Å². The van der Waals surface area contributed by atoms with Crippen molar-refractivity contribution in [2.24, 2.45) is 7.05 Å². The van der Waals surface area contributed by atoms with Gasteiger partial charge in [-0.2, -0.15) is 5.10 Å². The summed E-state index contributed by atoms with van der Waals surface area (Å²) in [6.07, 6.45) is 1.66. The van der Waals surface area contributed by atoms with Gasteiger partial charge in [-0.25, -0.2) is 0 Å². The van der Waals surface area contributed by atoms with Crippen LogP contribution < -0.4 is 5.32 Å². The summed E-state index contributed by atoms with van der Waals surface area (Å²) < 4.78 is 3.65. The molecule has 0 unspecified atom stereocenters. The fourth-order valence-corrected chi connectivity index (χ4v) is 3.30. The number of aromatic nitrogens is 5. The molecule has 25 heavy (non-hydrogen) atoms. The quantitative estimate of drug-likeness (QED) is 0.711. The summed E-state index contributed by atoms with van der Waals surface area (Å²) in [4.78, 5) is 12.3. The molecule has 2 heterocycles. The number of anilines is 1. The standard InChI is InChI=1S/C17H20N6OS/c1-11-7-5-6-8-14(11)23-10-18-20-17(23)25-9-15(24)19-16-12(2)21-22(4)13(16)3/h5-8,10H,9H2,1-4H3,(H,19,24). The number of carbonyl (C=O) groups excluding carboxylic acids is 1. The number of hydrogen-bond acceptors (Lipinski definition) is 5. The molecule has 0 spiro atoms. The number of aryl methyl sites for hydroxylation is 3. The topological polar surface area (TPSA) is 77.6 Å². The van der Waals surface area contributed by atoms with E-state index >= 15 is 0 Å². The number of carbonyl (C=O) groups is 1. The van der Waals surface area contributed by atoms with Gasteiger partial charge in [0.05, 0.1) is 28.5 Å². The number of nitrogens with one attached hydrogen (secondary N) is 1. The van der Waals surface area contributed by atoms with Gasteiger partial charge in [0.2, 0.25) is 5.91 Å². The van der Waals surface area contributed by atoms with Gasteiger partial charge in [0.25, 0.3) is 0 Å². The Morgan fingerprint density at radius 3 is 2.68 bits per heavy atom. The predicted molar refractivity (Wildman–Crippen MR) is 98.1 cm³/mol. The number of nitrogens with zero attached hydrogens (tertiary/aromatic N) is 5. The van der Waals surface area contributed by atoms with Crippen molar-refractivity contribution in [3.8, 4) is 5.69 Å². The Balaban J connectivity index is 1.70. The zero-order valence-corrected chi connectivity index (χ0v) is 15.5. The van der Waals surface area contributed by atoms with E-state index in [9.17, 15) is 4.79 Å². The fourth-order valence-electron chi connectivity index (χ4n) is 2.58. The minimum Gasteiger partial charge on any atom is -0.322 e. The summed E-state index contributed by atoms with van der Waals surface area (Å²) in [5.41, 5.74) is 4.64. The predicted octanol–water partition coefficient (Wildman–Crippen LogP) is 2.66. The van der Waals surface area contributed by atoms with Crippen LogP contribution in [0.2, 0.25) is 0 Å². The van der Waals surface area contributed by atoms with E-state index in [2.05, 4.69) is 20.6 Å². The molecular formula is C17H20N6OS. The van der Waals surface area contributed by atoms with Crippen LogP contribution in [0, 0.1) is 20.8 Å². The molecule has 0 fully saturated rings. The Labute approximate surface area is 150 Å². The molecule has 0 saturated carbocycles. The van der Waals surface area contributed by atoms with Crippen molar-refractivity contribution in [3.05, 3.63) is 47.5 Å². The van der Waals surface area contributed by atoms with Crippen LogP contribution in [-0.4, -0.2) is 36.2 Å². The smallest absolute Gasteiger partial charge is 0.234 e. The van der Waals surface area contributed by atoms with Crippen molar-refractivity contribution >= 4 is 23.4 Å². The van der Waals surface area contributed by atoms with Gasteiger partial charge in [-0.15, -0.1) is 10.2 Å². The fraction of sp³-hybridized carbons (Fsp3) is 0.294. The third-order valence-electron chi connectivity index (χ3n) is 4.00. The van der Waals surface area contributed by atoms with Crippen LogP contribution in [0.25, 0.3) is 5.69 Å². The van der Waals surface area contributed by atoms with E-state index in [0.29, 0.717) is 5.16 Å². The zero-order chi connectivity index (χ0) is 18.0. The van der Waals surface area contributed by atoms with Crippen molar-refractivity contribution in [3.63, 3.8) is 0 Å². The van der Waals surface area contributed by atoms with Crippen molar-refractivity contribution in [2.45, 2.75) is 25.9 Å². The maximum Gasteiger partial charge on any atom is 0.234 e. The molecule has 0 atom stereocenters. The van der Waals surface area contributed by atoms with Gasteiger partial charge in [0.15, 0.2) is 5.16 Å². The second-order valence-corrected chi connectivity index (χ2v) is 6.72. The number of thioether (sulfide) groups is 1. The van der Waals surface area contributed by atoms with Crippen LogP contribution in [-0.2, 0) is 11.8 Å². The van der Waals surface area contributed by atoms with E-state index in [0.717, 1.165) is 28.3 Å². The lowest BCUT2D eigenvalue weighted by Gasteiger charge is -2.09. The van der Waals surface area contributed by atoms with Gasteiger partial charge in [-0.3, -0.25) is 14.0 Å². The number of para-hydroxylation sites is 1. The van der Waals surface area contributed by atoms with E-state index in [4.69, 9.17) is 0 Å². The summed E-state index contributed by atoms with van der Waals surface area (Å²) in [7, 11) is 1.86. The Morgan fingerprint density at radius 2 is 2.00 bits per heavy atom. The highest BCUT2D eigenvalue weighted by Crippen LogP contribution is 2.23. The number of rotatable bonds is 5. The molecule has 3 rings (SSSR count). The molecular weight excluding hydrogens is 336 g/mol. The van der Waals surface area contributed by atoms with Gasteiger partial charge >= 0.3 is 0 Å². The summed E-state index contributed by atoms with van der Waals surface area (Å²) in [6, 6.07) is 8.00. The van der Waals surface area contributed by atoms with Gasteiger partial charge in [-0.05, 0) is 32.4 Å². The molecule has 0 saturated heterocycles. The van der Waals surface area contributed by atoms with Gasteiger partial charge in [0, 0.05) is 7.05 Å². The average molecular weight is 356 g/mol. The molecule has 1 amide bonds. The first-order chi connectivity index (χ1) is 12.0. The van der Waals surface area contributed by atoms with Crippen LogP contribution in [0.4, 0.5) is 5.69 Å². The average Bonchev–Trinajstić information content (AvgIpc) is 3.14. The number of amides is 1. The summed E-state index contributed by atoms with van der Waals surface area (Å²) in [6.45, 7) is 5.84. The highest BCUT2D eigenvalue weighted by atomic mass is 32.2. The van der Waals surface area contributed by atoms with E-state index in [-0.39, 0.29) is 11.7 Å². The normalized spacial score (nSPS) is 10.9. The molecule has 130 valence electrons. The number of hydrogen-bond donors (Lipinski definition) is 1. The number of benzene rings is 1. The molecule has 0 aliphatic rings. The first-order valence-electron chi connectivity index (χ1n) is 7.86. The lowest BCUT2D eigenvalue weighted by atomic mass is 10.2. The molecule has 8 heteroatoms. The molecule has 0 aliphatic heterocycles. The molecule has 3 aromatic rings. The highest BCUT2D eigenvalue weighted by molar-refractivity contribution is 7.99. The molecule has 0 bridgehead atoms.